The highest BCUT2D eigenvalue weighted by molar-refractivity contribution is 14.0. The van der Waals surface area contributed by atoms with Crippen molar-refractivity contribution in [2.45, 2.75) is 6.54 Å². The summed E-state index contributed by atoms with van der Waals surface area (Å²) < 4.78 is 38.1. The molecule has 1 fully saturated rings. The van der Waals surface area contributed by atoms with Gasteiger partial charge in [-0.3, -0.25) is 4.99 Å². The Morgan fingerprint density at radius 1 is 1.00 bits per heavy atom. The number of rotatable bonds is 5. The van der Waals surface area contributed by atoms with Gasteiger partial charge in [-0.2, -0.15) is 0 Å². The number of benzene rings is 2. The summed E-state index contributed by atoms with van der Waals surface area (Å²) in [5, 5.41) is 3.35. The number of hydrogen-bond acceptors (Lipinski definition) is 4. The van der Waals surface area contributed by atoms with Crippen LogP contribution < -0.4 is 19.7 Å². The van der Waals surface area contributed by atoms with E-state index in [1.807, 2.05) is 23.1 Å². The lowest BCUT2D eigenvalue weighted by Crippen LogP contribution is -2.52. The van der Waals surface area contributed by atoms with E-state index in [4.69, 9.17) is 9.47 Å². The van der Waals surface area contributed by atoms with E-state index in [1.54, 1.807) is 21.3 Å². The molecule has 0 spiro atoms. The monoisotopic (exact) mass is 532 g/mol. The van der Waals surface area contributed by atoms with Crippen LogP contribution in [0.15, 0.2) is 41.4 Å². The molecule has 1 saturated heterocycles. The first-order valence-corrected chi connectivity index (χ1v) is 9.42. The summed E-state index contributed by atoms with van der Waals surface area (Å²) in [5.74, 6) is 1.28. The zero-order valence-electron chi connectivity index (χ0n) is 17.3. The van der Waals surface area contributed by atoms with Gasteiger partial charge in [-0.25, -0.2) is 8.78 Å². The molecule has 0 radical (unpaired) electrons. The summed E-state index contributed by atoms with van der Waals surface area (Å²) in [6, 6.07) is 9.30. The summed E-state index contributed by atoms with van der Waals surface area (Å²) >= 11 is 0. The Kier molecular flexibility index (Phi) is 8.94. The second kappa shape index (κ2) is 11.2. The number of piperazine rings is 1. The first-order chi connectivity index (χ1) is 14.0. The predicted octanol–water partition coefficient (Wildman–Crippen LogP) is 3.50. The van der Waals surface area contributed by atoms with Crippen molar-refractivity contribution >= 4 is 35.6 Å². The van der Waals surface area contributed by atoms with Crippen LogP contribution in [0.4, 0.5) is 14.5 Å². The molecule has 0 aliphatic carbocycles. The van der Waals surface area contributed by atoms with Gasteiger partial charge in [-0.15, -0.1) is 24.0 Å². The van der Waals surface area contributed by atoms with Crippen LogP contribution in [-0.2, 0) is 6.54 Å². The highest BCUT2D eigenvalue weighted by atomic mass is 127. The van der Waals surface area contributed by atoms with Crippen LogP contribution in [0.1, 0.15) is 5.56 Å². The van der Waals surface area contributed by atoms with E-state index in [1.165, 1.54) is 12.1 Å². The number of nitrogens with zero attached hydrogens (tertiary/aromatic N) is 3. The van der Waals surface area contributed by atoms with Gasteiger partial charge in [0.15, 0.2) is 17.5 Å². The molecule has 30 heavy (non-hydrogen) atoms. The quantitative estimate of drug-likeness (QED) is 0.363. The molecule has 0 saturated carbocycles. The fraction of sp³-hybridized carbons (Fsp3) is 0.381. The highest BCUT2D eigenvalue weighted by Crippen LogP contribution is 2.27. The Bertz CT molecular complexity index is 874. The first kappa shape index (κ1) is 24.0. The zero-order chi connectivity index (χ0) is 20.8. The molecule has 164 valence electrons. The van der Waals surface area contributed by atoms with Crippen LogP contribution >= 0.6 is 24.0 Å². The van der Waals surface area contributed by atoms with Gasteiger partial charge in [0, 0.05) is 45.8 Å². The van der Waals surface area contributed by atoms with Gasteiger partial charge in [0.05, 0.1) is 19.9 Å². The number of methoxy groups -OCH3 is 2. The van der Waals surface area contributed by atoms with Crippen LogP contribution in [0.3, 0.4) is 0 Å². The second-order valence-corrected chi connectivity index (χ2v) is 6.66. The number of halogens is 3. The number of aliphatic imine (C=N–C) groups is 1. The van der Waals surface area contributed by atoms with Crippen molar-refractivity contribution in [2.75, 3.05) is 52.3 Å². The molecular weight excluding hydrogens is 505 g/mol. The van der Waals surface area contributed by atoms with Crippen LogP contribution in [0.5, 0.6) is 11.5 Å². The third-order valence-corrected chi connectivity index (χ3v) is 4.94. The zero-order valence-corrected chi connectivity index (χ0v) is 19.7. The van der Waals surface area contributed by atoms with E-state index in [0.717, 1.165) is 17.6 Å². The van der Waals surface area contributed by atoms with Crippen LogP contribution in [0.25, 0.3) is 0 Å². The minimum atomic E-state index is -0.434. The molecule has 1 N–H and O–H groups in total. The minimum Gasteiger partial charge on any atom is -0.493 e. The Labute approximate surface area is 192 Å². The standard InChI is InChI=1S/C21H26F2N4O2.HI/c1-24-21(25-14-15-4-7-19(28-2)20(12-15)29-3)27-10-8-26(9-11-27)18-13-16(22)5-6-17(18)23;/h4-7,12-13H,8-11,14H2,1-3H3,(H,24,25);1H. The lowest BCUT2D eigenvalue weighted by atomic mass is 10.2. The Morgan fingerprint density at radius 2 is 1.70 bits per heavy atom. The van der Waals surface area contributed by atoms with Crippen LogP contribution in [-0.4, -0.2) is 58.3 Å². The largest absolute Gasteiger partial charge is 0.493 e. The number of guanidine groups is 1. The molecule has 0 unspecified atom stereocenters. The molecule has 6 nitrogen and oxygen atoms in total. The van der Waals surface area contributed by atoms with E-state index in [0.29, 0.717) is 49.9 Å². The maximum atomic E-state index is 14.0. The number of nitrogens with one attached hydrogen (secondary N) is 1. The number of anilines is 1. The van der Waals surface area contributed by atoms with Gasteiger partial charge in [0.2, 0.25) is 0 Å². The SMILES string of the molecule is CN=C(NCc1ccc(OC)c(OC)c1)N1CCN(c2cc(F)ccc2F)CC1.I. The normalized spacial score (nSPS) is 14.2. The van der Waals surface area contributed by atoms with Gasteiger partial charge in [-0.05, 0) is 29.8 Å². The smallest absolute Gasteiger partial charge is 0.194 e. The molecule has 2 aromatic rings. The Morgan fingerprint density at radius 3 is 2.33 bits per heavy atom. The molecule has 3 rings (SSSR count). The lowest BCUT2D eigenvalue weighted by Gasteiger charge is -2.37. The average molecular weight is 532 g/mol. The summed E-state index contributed by atoms with van der Waals surface area (Å²) in [6.07, 6.45) is 0. The Hall–Kier alpha value is -2.30. The van der Waals surface area contributed by atoms with Crippen LogP contribution in [0.2, 0.25) is 0 Å². The average Bonchev–Trinajstić information content (AvgIpc) is 2.76. The van der Waals surface area contributed by atoms with Crippen molar-refractivity contribution in [3.63, 3.8) is 0 Å². The lowest BCUT2D eigenvalue weighted by molar-refractivity contribution is 0.354. The molecule has 1 heterocycles. The summed E-state index contributed by atoms with van der Waals surface area (Å²) in [4.78, 5) is 8.32. The maximum absolute atomic E-state index is 14.0. The fourth-order valence-corrected chi connectivity index (χ4v) is 3.39. The highest BCUT2D eigenvalue weighted by Gasteiger charge is 2.22. The van der Waals surface area contributed by atoms with Crippen molar-refractivity contribution in [3.05, 3.63) is 53.6 Å². The number of ether oxygens (including phenoxy) is 2. The van der Waals surface area contributed by atoms with Gasteiger partial charge >= 0.3 is 0 Å². The number of hydrogen-bond donors (Lipinski definition) is 1. The van der Waals surface area contributed by atoms with E-state index in [9.17, 15) is 8.78 Å². The second-order valence-electron chi connectivity index (χ2n) is 6.66. The van der Waals surface area contributed by atoms with E-state index in [2.05, 4.69) is 15.2 Å². The third-order valence-electron chi connectivity index (χ3n) is 4.94. The fourth-order valence-electron chi connectivity index (χ4n) is 3.39. The van der Waals surface area contributed by atoms with Crippen molar-refractivity contribution in [3.8, 4) is 11.5 Å². The molecule has 0 amide bonds. The van der Waals surface area contributed by atoms with Crippen molar-refractivity contribution in [2.24, 2.45) is 4.99 Å². The first-order valence-electron chi connectivity index (χ1n) is 9.42. The van der Waals surface area contributed by atoms with Crippen molar-refractivity contribution in [1.82, 2.24) is 10.2 Å². The van der Waals surface area contributed by atoms with E-state index < -0.39 is 11.6 Å². The summed E-state index contributed by atoms with van der Waals surface area (Å²) in [5.41, 5.74) is 1.34. The molecule has 2 aromatic carbocycles. The van der Waals surface area contributed by atoms with Gasteiger partial charge in [0.25, 0.3) is 0 Å². The molecule has 0 aromatic heterocycles. The van der Waals surface area contributed by atoms with Crippen molar-refractivity contribution < 1.29 is 18.3 Å². The molecule has 0 bridgehead atoms. The molecular formula is C21H27F2IN4O2. The minimum absolute atomic E-state index is 0. The van der Waals surface area contributed by atoms with E-state index >= 15 is 0 Å². The van der Waals surface area contributed by atoms with Crippen molar-refractivity contribution in [1.29, 1.82) is 0 Å². The topological polar surface area (TPSA) is 49.3 Å². The van der Waals surface area contributed by atoms with Gasteiger partial charge < -0.3 is 24.6 Å². The molecule has 0 atom stereocenters. The molecule has 1 aliphatic heterocycles. The van der Waals surface area contributed by atoms with Gasteiger partial charge in [0.1, 0.15) is 11.6 Å². The summed E-state index contributed by atoms with van der Waals surface area (Å²) in [7, 11) is 4.94. The summed E-state index contributed by atoms with van der Waals surface area (Å²) in [6.45, 7) is 3.05. The molecule has 1 aliphatic rings. The van der Waals surface area contributed by atoms with Crippen LogP contribution in [0, 0.1) is 11.6 Å². The Balaban J connectivity index is 0.00000320. The van der Waals surface area contributed by atoms with Gasteiger partial charge in [-0.1, -0.05) is 6.07 Å². The maximum Gasteiger partial charge on any atom is 0.194 e. The van der Waals surface area contributed by atoms with E-state index in [-0.39, 0.29) is 24.0 Å². The molecule has 9 heteroatoms. The predicted molar refractivity (Wildman–Crippen MR) is 125 cm³/mol. The third kappa shape index (κ3) is 5.65.